The summed E-state index contributed by atoms with van der Waals surface area (Å²) >= 11 is 0. The summed E-state index contributed by atoms with van der Waals surface area (Å²) in [6.45, 7) is 3.91. The molecule has 1 aromatic heterocycles. The molecule has 76 valence electrons. The molecule has 0 amide bonds. The van der Waals surface area contributed by atoms with E-state index in [1.807, 2.05) is 13.8 Å². The van der Waals surface area contributed by atoms with Crippen molar-refractivity contribution in [2.24, 2.45) is 5.92 Å². The minimum absolute atomic E-state index is 0.0515. The molecular weight excluding hydrogens is 176 g/mol. The molecule has 0 saturated heterocycles. The summed E-state index contributed by atoms with van der Waals surface area (Å²) in [6, 6.07) is 0. The molecule has 0 spiro atoms. The van der Waals surface area contributed by atoms with Crippen molar-refractivity contribution in [1.82, 2.24) is 9.97 Å². The smallest absolute Gasteiger partial charge is 0.254 e. The van der Waals surface area contributed by atoms with Gasteiger partial charge in [0.2, 0.25) is 0 Å². The van der Waals surface area contributed by atoms with Gasteiger partial charge in [-0.25, -0.2) is 4.98 Å². The number of H-pyrrole nitrogens is 1. The SMILES string of the molecule is CCc1c(C)nc(CC2CC2)[nH]c1=O. The molecule has 2 rings (SSSR count). The molecule has 0 bridgehead atoms. The zero-order valence-electron chi connectivity index (χ0n) is 8.76. The summed E-state index contributed by atoms with van der Waals surface area (Å²) in [7, 11) is 0. The first-order chi connectivity index (χ1) is 6.70. The topological polar surface area (TPSA) is 45.8 Å². The number of hydrogen-bond acceptors (Lipinski definition) is 2. The third-order valence-corrected chi connectivity index (χ3v) is 2.80. The molecule has 3 nitrogen and oxygen atoms in total. The Labute approximate surface area is 83.6 Å². The lowest BCUT2D eigenvalue weighted by Crippen LogP contribution is -2.18. The summed E-state index contributed by atoms with van der Waals surface area (Å²) in [4.78, 5) is 18.9. The van der Waals surface area contributed by atoms with Crippen LogP contribution < -0.4 is 5.56 Å². The summed E-state index contributed by atoms with van der Waals surface area (Å²) < 4.78 is 0. The average molecular weight is 192 g/mol. The molecule has 0 radical (unpaired) electrons. The van der Waals surface area contributed by atoms with Gasteiger partial charge in [-0.15, -0.1) is 0 Å². The van der Waals surface area contributed by atoms with E-state index in [1.54, 1.807) is 0 Å². The van der Waals surface area contributed by atoms with Crippen LogP contribution in [0.5, 0.6) is 0 Å². The highest BCUT2D eigenvalue weighted by Gasteiger charge is 2.22. The van der Waals surface area contributed by atoms with Crippen molar-refractivity contribution in [3.63, 3.8) is 0 Å². The largest absolute Gasteiger partial charge is 0.310 e. The van der Waals surface area contributed by atoms with E-state index >= 15 is 0 Å². The van der Waals surface area contributed by atoms with Gasteiger partial charge < -0.3 is 4.98 Å². The van der Waals surface area contributed by atoms with Crippen LogP contribution >= 0.6 is 0 Å². The molecule has 1 fully saturated rings. The highest BCUT2D eigenvalue weighted by molar-refractivity contribution is 5.16. The maximum Gasteiger partial charge on any atom is 0.254 e. The lowest BCUT2D eigenvalue weighted by molar-refractivity contribution is 0.749. The second kappa shape index (κ2) is 3.56. The molecule has 14 heavy (non-hydrogen) atoms. The number of aromatic amines is 1. The van der Waals surface area contributed by atoms with E-state index < -0.39 is 0 Å². The Morgan fingerprint density at radius 2 is 2.21 bits per heavy atom. The highest BCUT2D eigenvalue weighted by atomic mass is 16.1. The molecule has 1 saturated carbocycles. The molecule has 1 heterocycles. The summed E-state index contributed by atoms with van der Waals surface area (Å²) in [5.41, 5.74) is 1.77. The van der Waals surface area contributed by atoms with E-state index in [9.17, 15) is 4.79 Å². The van der Waals surface area contributed by atoms with Crippen LogP contribution in [-0.2, 0) is 12.8 Å². The van der Waals surface area contributed by atoms with Gasteiger partial charge in [-0.1, -0.05) is 6.92 Å². The van der Waals surface area contributed by atoms with E-state index in [0.717, 1.165) is 35.8 Å². The van der Waals surface area contributed by atoms with Gasteiger partial charge in [0.25, 0.3) is 5.56 Å². The second-order valence-corrected chi connectivity index (χ2v) is 4.08. The van der Waals surface area contributed by atoms with Gasteiger partial charge in [-0.05, 0) is 32.1 Å². The van der Waals surface area contributed by atoms with Crippen molar-refractivity contribution in [3.05, 3.63) is 27.4 Å². The van der Waals surface area contributed by atoms with Crippen molar-refractivity contribution >= 4 is 0 Å². The van der Waals surface area contributed by atoms with Gasteiger partial charge in [0.1, 0.15) is 5.82 Å². The first-order valence-corrected chi connectivity index (χ1v) is 5.29. The normalized spacial score (nSPS) is 15.9. The van der Waals surface area contributed by atoms with E-state index in [-0.39, 0.29) is 5.56 Å². The first kappa shape index (κ1) is 9.44. The Kier molecular flexibility index (Phi) is 2.40. The second-order valence-electron chi connectivity index (χ2n) is 4.08. The van der Waals surface area contributed by atoms with Gasteiger partial charge in [0.15, 0.2) is 0 Å². The van der Waals surface area contributed by atoms with E-state index in [1.165, 1.54) is 12.8 Å². The lowest BCUT2D eigenvalue weighted by atomic mass is 10.2. The number of aryl methyl sites for hydroxylation is 1. The fraction of sp³-hybridized carbons (Fsp3) is 0.636. The maximum atomic E-state index is 11.6. The van der Waals surface area contributed by atoms with Gasteiger partial charge >= 0.3 is 0 Å². The Morgan fingerprint density at radius 3 is 2.71 bits per heavy atom. The highest BCUT2D eigenvalue weighted by Crippen LogP contribution is 2.31. The van der Waals surface area contributed by atoms with Crippen molar-refractivity contribution < 1.29 is 0 Å². The number of aromatic nitrogens is 2. The third kappa shape index (κ3) is 1.86. The fourth-order valence-electron chi connectivity index (χ4n) is 1.78. The molecule has 1 aromatic rings. The van der Waals surface area contributed by atoms with Crippen LogP contribution in [0.1, 0.15) is 36.8 Å². The Hall–Kier alpha value is -1.12. The van der Waals surface area contributed by atoms with E-state index in [0.29, 0.717) is 0 Å². The van der Waals surface area contributed by atoms with Crippen LogP contribution in [0, 0.1) is 12.8 Å². The van der Waals surface area contributed by atoms with Gasteiger partial charge in [-0.2, -0.15) is 0 Å². The molecule has 1 N–H and O–H groups in total. The van der Waals surface area contributed by atoms with Gasteiger partial charge in [0, 0.05) is 17.7 Å². The Morgan fingerprint density at radius 1 is 1.50 bits per heavy atom. The quantitative estimate of drug-likeness (QED) is 0.790. The number of hydrogen-bond donors (Lipinski definition) is 1. The number of nitrogens with zero attached hydrogens (tertiary/aromatic N) is 1. The summed E-state index contributed by atoms with van der Waals surface area (Å²) in [5, 5.41) is 0. The van der Waals surface area contributed by atoms with Crippen LogP contribution in [0.15, 0.2) is 4.79 Å². The molecule has 0 unspecified atom stereocenters. The van der Waals surface area contributed by atoms with Crippen LogP contribution in [0.3, 0.4) is 0 Å². The van der Waals surface area contributed by atoms with Crippen molar-refractivity contribution in [1.29, 1.82) is 0 Å². The standard InChI is InChI=1S/C11H16N2O/c1-3-9-7(2)12-10(13-11(9)14)6-8-4-5-8/h8H,3-6H2,1-2H3,(H,12,13,14). The molecule has 0 aliphatic heterocycles. The Balaban J connectivity index is 2.30. The molecule has 1 aliphatic rings. The minimum atomic E-state index is 0.0515. The van der Waals surface area contributed by atoms with Crippen LogP contribution in [0.25, 0.3) is 0 Å². The number of nitrogens with one attached hydrogen (secondary N) is 1. The zero-order chi connectivity index (χ0) is 10.1. The van der Waals surface area contributed by atoms with Crippen LogP contribution in [0.4, 0.5) is 0 Å². The number of rotatable bonds is 3. The van der Waals surface area contributed by atoms with Crippen molar-refractivity contribution in [2.45, 2.75) is 39.5 Å². The summed E-state index contributed by atoms with van der Waals surface area (Å²) in [5.74, 6) is 1.64. The molecular formula is C11H16N2O. The molecule has 3 heteroatoms. The maximum absolute atomic E-state index is 11.6. The Bertz CT molecular complexity index is 391. The third-order valence-electron chi connectivity index (χ3n) is 2.80. The lowest BCUT2D eigenvalue weighted by Gasteiger charge is -2.04. The molecule has 1 aliphatic carbocycles. The monoisotopic (exact) mass is 192 g/mol. The van der Waals surface area contributed by atoms with Gasteiger partial charge in [0.05, 0.1) is 0 Å². The minimum Gasteiger partial charge on any atom is -0.310 e. The van der Waals surface area contributed by atoms with E-state index in [4.69, 9.17) is 0 Å². The predicted octanol–water partition coefficient (Wildman–Crippen LogP) is 1.59. The predicted molar refractivity (Wildman–Crippen MR) is 55.4 cm³/mol. The van der Waals surface area contributed by atoms with Gasteiger partial charge in [-0.3, -0.25) is 4.79 Å². The van der Waals surface area contributed by atoms with Crippen LogP contribution in [0.2, 0.25) is 0 Å². The average Bonchev–Trinajstić information content (AvgIpc) is 2.87. The van der Waals surface area contributed by atoms with Crippen molar-refractivity contribution in [3.8, 4) is 0 Å². The van der Waals surface area contributed by atoms with Crippen molar-refractivity contribution in [2.75, 3.05) is 0 Å². The van der Waals surface area contributed by atoms with Crippen LogP contribution in [-0.4, -0.2) is 9.97 Å². The summed E-state index contributed by atoms with van der Waals surface area (Å²) in [6.07, 6.45) is 4.29. The molecule has 0 atom stereocenters. The zero-order valence-corrected chi connectivity index (χ0v) is 8.76. The first-order valence-electron chi connectivity index (χ1n) is 5.29. The van der Waals surface area contributed by atoms with E-state index in [2.05, 4.69) is 9.97 Å². The fourth-order valence-corrected chi connectivity index (χ4v) is 1.78. The molecule has 0 aromatic carbocycles.